The van der Waals surface area contributed by atoms with E-state index in [0.29, 0.717) is 16.9 Å². The van der Waals surface area contributed by atoms with Crippen LogP contribution in [0.3, 0.4) is 0 Å². The number of hydrogen-bond donors (Lipinski definition) is 0. The van der Waals surface area contributed by atoms with Crippen LogP contribution < -0.4 is 4.74 Å². The molecule has 4 rings (SSSR count). The van der Waals surface area contributed by atoms with Crippen molar-refractivity contribution in [2.45, 2.75) is 20.3 Å². The Kier molecular flexibility index (Phi) is 6.44. The van der Waals surface area contributed by atoms with Gasteiger partial charge in [-0.05, 0) is 61.4 Å². The summed E-state index contributed by atoms with van der Waals surface area (Å²) in [4.78, 5) is 29.5. The van der Waals surface area contributed by atoms with Crippen molar-refractivity contribution in [1.82, 2.24) is 14.6 Å². The van der Waals surface area contributed by atoms with E-state index in [2.05, 4.69) is 10.1 Å². The van der Waals surface area contributed by atoms with Gasteiger partial charge in [0, 0.05) is 17.8 Å². The van der Waals surface area contributed by atoms with Crippen molar-refractivity contribution in [1.29, 1.82) is 0 Å². The molecule has 0 saturated carbocycles. The molecule has 0 aliphatic carbocycles. The molecule has 0 unspecified atom stereocenters. The Balaban J connectivity index is 1.65. The van der Waals surface area contributed by atoms with Gasteiger partial charge in [-0.15, -0.1) is 0 Å². The van der Waals surface area contributed by atoms with Gasteiger partial charge in [-0.3, -0.25) is 4.79 Å². The predicted octanol–water partition coefficient (Wildman–Crippen LogP) is 4.27. The maximum atomic E-state index is 13.3. The Morgan fingerprint density at radius 1 is 1.03 bits per heavy atom. The molecule has 0 saturated heterocycles. The Hall–Kier alpha value is -4.07. The van der Waals surface area contributed by atoms with E-state index in [1.165, 1.54) is 12.1 Å². The highest BCUT2D eigenvalue weighted by molar-refractivity contribution is 6.09. The third-order valence-corrected chi connectivity index (χ3v) is 5.04. The van der Waals surface area contributed by atoms with Gasteiger partial charge in [0.2, 0.25) is 5.78 Å². The first-order valence-corrected chi connectivity index (χ1v) is 10.6. The van der Waals surface area contributed by atoms with Crippen LogP contribution in [0.15, 0.2) is 60.8 Å². The zero-order chi connectivity index (χ0) is 23.4. The van der Waals surface area contributed by atoms with Gasteiger partial charge in [-0.25, -0.2) is 18.7 Å². The summed E-state index contributed by atoms with van der Waals surface area (Å²) in [7, 11) is 0. The summed E-state index contributed by atoms with van der Waals surface area (Å²) < 4.78 is 25.3. The predicted molar refractivity (Wildman–Crippen MR) is 120 cm³/mol. The van der Waals surface area contributed by atoms with Crippen LogP contribution in [0, 0.1) is 5.82 Å². The Bertz CT molecular complexity index is 1320. The molecule has 0 amide bonds. The van der Waals surface area contributed by atoms with E-state index in [-0.39, 0.29) is 36.3 Å². The van der Waals surface area contributed by atoms with Gasteiger partial charge >= 0.3 is 5.97 Å². The molecule has 0 spiro atoms. The first-order valence-electron chi connectivity index (χ1n) is 10.6. The zero-order valence-electron chi connectivity index (χ0n) is 18.2. The van der Waals surface area contributed by atoms with Crippen molar-refractivity contribution in [3.05, 3.63) is 83.4 Å². The number of aromatic nitrogens is 3. The number of carbonyl (C=O) groups is 2. The molecule has 0 bridgehead atoms. The van der Waals surface area contributed by atoms with E-state index < -0.39 is 5.97 Å². The number of hydrogen-bond acceptors (Lipinski definition) is 6. The lowest BCUT2D eigenvalue weighted by Crippen LogP contribution is -2.16. The maximum Gasteiger partial charge on any atom is 0.344 e. The SMILES string of the molecule is CCOC(=O)COc1ccc(CC)cc1C(=O)c1ccn2nc(-c3ccc(F)cc3)cc2n1. The standard InChI is InChI=1S/C25H22FN3O4/c1-3-16-5-10-22(33-15-24(30)32-4-2)19(13-16)25(31)20-11-12-29-23(27-20)14-21(28-29)17-6-8-18(26)9-7-17/h5-14H,3-4,15H2,1-2H3. The smallest absolute Gasteiger partial charge is 0.344 e. The van der Waals surface area contributed by atoms with Crippen molar-refractivity contribution in [2.75, 3.05) is 13.2 Å². The molecule has 2 aromatic carbocycles. The molecule has 8 heteroatoms. The molecular formula is C25H22FN3O4. The lowest BCUT2D eigenvalue weighted by atomic mass is 10.0. The highest BCUT2D eigenvalue weighted by Crippen LogP contribution is 2.25. The minimum Gasteiger partial charge on any atom is -0.481 e. The number of nitrogens with zero attached hydrogens (tertiary/aromatic N) is 3. The van der Waals surface area contributed by atoms with Gasteiger partial charge < -0.3 is 9.47 Å². The van der Waals surface area contributed by atoms with Crippen LogP contribution in [0.4, 0.5) is 4.39 Å². The van der Waals surface area contributed by atoms with Crippen LogP contribution in [-0.4, -0.2) is 39.6 Å². The molecule has 0 atom stereocenters. The monoisotopic (exact) mass is 447 g/mol. The number of benzene rings is 2. The topological polar surface area (TPSA) is 82.8 Å². The second kappa shape index (κ2) is 9.60. The van der Waals surface area contributed by atoms with Crippen LogP contribution in [0.1, 0.15) is 35.5 Å². The lowest BCUT2D eigenvalue weighted by molar-refractivity contribution is -0.145. The van der Waals surface area contributed by atoms with Crippen molar-refractivity contribution in [3.63, 3.8) is 0 Å². The fraction of sp³-hybridized carbons (Fsp3) is 0.200. The highest BCUT2D eigenvalue weighted by Gasteiger charge is 2.19. The second-order valence-electron chi connectivity index (χ2n) is 7.26. The molecule has 7 nitrogen and oxygen atoms in total. The zero-order valence-corrected chi connectivity index (χ0v) is 18.2. The minimum atomic E-state index is -0.511. The molecule has 0 fully saturated rings. The second-order valence-corrected chi connectivity index (χ2v) is 7.26. The number of halogens is 1. The fourth-order valence-corrected chi connectivity index (χ4v) is 3.35. The van der Waals surface area contributed by atoms with E-state index in [9.17, 15) is 14.0 Å². The summed E-state index contributed by atoms with van der Waals surface area (Å²) in [6.07, 6.45) is 2.37. The Morgan fingerprint density at radius 2 is 1.82 bits per heavy atom. The van der Waals surface area contributed by atoms with E-state index in [0.717, 1.165) is 17.5 Å². The van der Waals surface area contributed by atoms with Gasteiger partial charge in [0.15, 0.2) is 12.3 Å². The summed E-state index contributed by atoms with van der Waals surface area (Å²) in [6, 6.07) is 14.6. The first-order chi connectivity index (χ1) is 16.0. The van der Waals surface area contributed by atoms with Gasteiger partial charge in [0.05, 0.1) is 17.9 Å². The van der Waals surface area contributed by atoms with Crippen LogP contribution in [0.2, 0.25) is 0 Å². The van der Waals surface area contributed by atoms with Crippen molar-refractivity contribution >= 4 is 17.4 Å². The average Bonchev–Trinajstić information content (AvgIpc) is 3.26. The van der Waals surface area contributed by atoms with Gasteiger partial charge in [-0.2, -0.15) is 5.10 Å². The third kappa shape index (κ3) is 4.90. The number of ketones is 1. The number of esters is 1. The number of ether oxygens (including phenoxy) is 2. The van der Waals surface area contributed by atoms with E-state index in [4.69, 9.17) is 9.47 Å². The summed E-state index contributed by atoms with van der Waals surface area (Å²) in [5.74, 6) is -0.893. The average molecular weight is 447 g/mol. The number of rotatable bonds is 8. The molecule has 168 valence electrons. The summed E-state index contributed by atoms with van der Waals surface area (Å²) in [6.45, 7) is 3.65. The largest absolute Gasteiger partial charge is 0.481 e. The van der Waals surface area contributed by atoms with Crippen LogP contribution in [0.5, 0.6) is 5.75 Å². The molecule has 0 N–H and O–H groups in total. The molecule has 33 heavy (non-hydrogen) atoms. The van der Waals surface area contributed by atoms with Gasteiger partial charge in [-0.1, -0.05) is 13.0 Å². The molecule has 2 heterocycles. The first kappa shape index (κ1) is 22.1. The molecule has 0 radical (unpaired) electrons. The van der Waals surface area contributed by atoms with E-state index in [1.807, 2.05) is 13.0 Å². The van der Waals surface area contributed by atoms with Gasteiger partial charge in [0.25, 0.3) is 0 Å². The Morgan fingerprint density at radius 3 is 2.55 bits per heavy atom. The number of aryl methyl sites for hydroxylation is 1. The van der Waals surface area contributed by atoms with Crippen molar-refractivity contribution in [3.8, 4) is 17.0 Å². The maximum absolute atomic E-state index is 13.3. The molecule has 2 aromatic heterocycles. The minimum absolute atomic E-state index is 0.210. The molecule has 0 aliphatic rings. The number of fused-ring (bicyclic) bond motifs is 1. The van der Waals surface area contributed by atoms with E-state index in [1.54, 1.807) is 54.0 Å². The van der Waals surface area contributed by atoms with Crippen molar-refractivity contribution < 1.29 is 23.5 Å². The normalized spacial score (nSPS) is 10.9. The van der Waals surface area contributed by atoms with Crippen molar-refractivity contribution in [2.24, 2.45) is 0 Å². The third-order valence-electron chi connectivity index (χ3n) is 5.04. The Labute approximate surface area is 189 Å². The molecular weight excluding hydrogens is 425 g/mol. The number of carbonyl (C=O) groups excluding carboxylic acids is 2. The fourth-order valence-electron chi connectivity index (χ4n) is 3.35. The quantitative estimate of drug-likeness (QED) is 0.296. The van der Waals surface area contributed by atoms with Crippen LogP contribution in [0.25, 0.3) is 16.9 Å². The van der Waals surface area contributed by atoms with E-state index >= 15 is 0 Å². The summed E-state index contributed by atoms with van der Waals surface area (Å²) in [5, 5.41) is 4.44. The summed E-state index contributed by atoms with van der Waals surface area (Å²) in [5.41, 5.74) is 3.29. The summed E-state index contributed by atoms with van der Waals surface area (Å²) >= 11 is 0. The lowest BCUT2D eigenvalue weighted by Gasteiger charge is -2.12. The van der Waals surface area contributed by atoms with Gasteiger partial charge in [0.1, 0.15) is 17.3 Å². The molecule has 0 aliphatic heterocycles. The molecule has 4 aromatic rings. The van der Waals surface area contributed by atoms with Crippen LogP contribution in [-0.2, 0) is 16.0 Å². The highest BCUT2D eigenvalue weighted by atomic mass is 19.1. The van der Waals surface area contributed by atoms with Crippen LogP contribution >= 0.6 is 0 Å².